The van der Waals surface area contributed by atoms with Gasteiger partial charge >= 0.3 is 5.97 Å². The minimum absolute atomic E-state index is 0.211. The molecular formula is C14H19NO2. The summed E-state index contributed by atoms with van der Waals surface area (Å²) in [7, 11) is 0. The van der Waals surface area contributed by atoms with Crippen molar-refractivity contribution in [3.05, 3.63) is 29.3 Å². The number of hydrogen-bond acceptors (Lipinski definition) is 2. The number of anilines is 1. The predicted molar refractivity (Wildman–Crippen MR) is 68.6 cm³/mol. The first-order chi connectivity index (χ1) is 8.13. The van der Waals surface area contributed by atoms with Crippen LogP contribution >= 0.6 is 0 Å². The van der Waals surface area contributed by atoms with Crippen molar-refractivity contribution in [1.82, 2.24) is 0 Å². The maximum atomic E-state index is 10.7. The molecule has 2 rings (SSSR count). The Balaban J connectivity index is 2.30. The summed E-state index contributed by atoms with van der Waals surface area (Å²) in [5.41, 5.74) is 3.82. The summed E-state index contributed by atoms with van der Waals surface area (Å²) < 4.78 is 0. The second-order valence-corrected chi connectivity index (χ2v) is 4.66. The highest BCUT2D eigenvalue weighted by atomic mass is 16.4. The van der Waals surface area contributed by atoms with Gasteiger partial charge in [0.1, 0.15) is 0 Å². The van der Waals surface area contributed by atoms with Gasteiger partial charge in [0.05, 0.1) is 0 Å². The van der Waals surface area contributed by atoms with E-state index >= 15 is 0 Å². The Morgan fingerprint density at radius 2 is 2.29 bits per heavy atom. The first kappa shape index (κ1) is 12.0. The molecule has 1 atom stereocenters. The third-order valence-electron chi connectivity index (χ3n) is 3.49. The van der Waals surface area contributed by atoms with Crippen LogP contribution in [0.1, 0.15) is 31.4 Å². The lowest BCUT2D eigenvalue weighted by atomic mass is 10.0. The summed E-state index contributed by atoms with van der Waals surface area (Å²) in [6, 6.07) is 6.79. The van der Waals surface area contributed by atoms with Crippen molar-refractivity contribution < 1.29 is 9.90 Å². The largest absolute Gasteiger partial charge is 0.481 e. The molecule has 3 heteroatoms. The topological polar surface area (TPSA) is 40.5 Å². The number of rotatable bonds is 4. The molecule has 1 aromatic rings. The molecule has 3 nitrogen and oxygen atoms in total. The second-order valence-electron chi connectivity index (χ2n) is 4.66. The molecule has 1 unspecified atom stereocenters. The summed E-state index contributed by atoms with van der Waals surface area (Å²) in [5, 5.41) is 8.78. The number of benzene rings is 1. The molecule has 0 radical (unpaired) electrons. The number of likely N-dealkylation sites (N-methyl/N-ethyl adjacent to an activating group) is 1. The molecule has 17 heavy (non-hydrogen) atoms. The van der Waals surface area contributed by atoms with Crippen molar-refractivity contribution in [1.29, 1.82) is 0 Å². The highest BCUT2D eigenvalue weighted by Gasteiger charge is 2.26. The first-order valence-electron chi connectivity index (χ1n) is 6.22. The molecule has 0 bridgehead atoms. The lowest BCUT2D eigenvalue weighted by molar-refractivity contribution is -0.136. The van der Waals surface area contributed by atoms with E-state index in [1.165, 1.54) is 16.8 Å². The maximum absolute atomic E-state index is 10.7. The summed E-state index contributed by atoms with van der Waals surface area (Å²) >= 11 is 0. The minimum Gasteiger partial charge on any atom is -0.481 e. The first-order valence-corrected chi connectivity index (χ1v) is 6.22. The molecule has 0 spiro atoms. The van der Waals surface area contributed by atoms with E-state index in [9.17, 15) is 4.79 Å². The van der Waals surface area contributed by atoms with Crippen molar-refractivity contribution in [3.8, 4) is 0 Å². The Kier molecular flexibility index (Phi) is 3.36. The van der Waals surface area contributed by atoms with Crippen molar-refractivity contribution in [2.75, 3.05) is 11.4 Å². The Labute approximate surface area is 102 Å². The van der Waals surface area contributed by atoms with Gasteiger partial charge in [-0.2, -0.15) is 0 Å². The molecule has 0 saturated carbocycles. The number of nitrogens with zero attached hydrogens (tertiary/aromatic N) is 1. The molecule has 0 aliphatic carbocycles. The van der Waals surface area contributed by atoms with Crippen LogP contribution in [0.15, 0.2) is 18.2 Å². The number of para-hydroxylation sites is 1. The Bertz CT molecular complexity index is 428. The number of hydrogen-bond donors (Lipinski definition) is 1. The average molecular weight is 233 g/mol. The highest BCUT2D eigenvalue weighted by molar-refractivity contribution is 5.69. The molecule has 92 valence electrons. The fourth-order valence-corrected chi connectivity index (χ4v) is 2.74. The van der Waals surface area contributed by atoms with Crippen molar-refractivity contribution in [2.45, 2.75) is 39.2 Å². The van der Waals surface area contributed by atoms with Gasteiger partial charge < -0.3 is 10.0 Å². The Morgan fingerprint density at radius 3 is 2.94 bits per heavy atom. The van der Waals surface area contributed by atoms with Gasteiger partial charge in [-0.05, 0) is 37.8 Å². The van der Waals surface area contributed by atoms with E-state index in [0.29, 0.717) is 12.5 Å². The normalized spacial score (nSPS) is 18.2. The van der Waals surface area contributed by atoms with Gasteiger partial charge in [0.25, 0.3) is 0 Å². The van der Waals surface area contributed by atoms with E-state index in [0.717, 1.165) is 13.0 Å². The van der Waals surface area contributed by atoms with Crippen LogP contribution in [0.4, 0.5) is 5.69 Å². The monoisotopic (exact) mass is 233 g/mol. The number of carboxylic acids is 1. The van der Waals surface area contributed by atoms with Crippen LogP contribution in [0.25, 0.3) is 0 Å². The zero-order valence-electron chi connectivity index (χ0n) is 10.4. The predicted octanol–water partition coefficient (Wildman–Crippen LogP) is 2.47. The van der Waals surface area contributed by atoms with E-state index in [2.05, 4.69) is 30.9 Å². The minimum atomic E-state index is -0.725. The van der Waals surface area contributed by atoms with Gasteiger partial charge in [-0.15, -0.1) is 0 Å². The molecular weight excluding hydrogens is 214 g/mol. The van der Waals surface area contributed by atoms with E-state index in [1.807, 2.05) is 6.07 Å². The van der Waals surface area contributed by atoms with E-state index in [-0.39, 0.29) is 6.42 Å². The van der Waals surface area contributed by atoms with Crippen molar-refractivity contribution in [3.63, 3.8) is 0 Å². The fourth-order valence-electron chi connectivity index (χ4n) is 2.74. The van der Waals surface area contributed by atoms with Gasteiger partial charge in [0, 0.05) is 24.7 Å². The summed E-state index contributed by atoms with van der Waals surface area (Å²) in [5.74, 6) is -0.725. The SMILES string of the molecule is CCN1c2c(CCC(=O)O)cccc2CC1C. The van der Waals surface area contributed by atoms with E-state index in [4.69, 9.17) is 5.11 Å². The van der Waals surface area contributed by atoms with Crippen LogP contribution in [-0.2, 0) is 17.6 Å². The molecule has 1 N–H and O–H groups in total. The number of fused-ring (bicyclic) bond motifs is 1. The molecule has 0 fully saturated rings. The molecule has 0 aromatic heterocycles. The lowest BCUT2D eigenvalue weighted by Crippen LogP contribution is -2.29. The third-order valence-corrected chi connectivity index (χ3v) is 3.49. The second kappa shape index (κ2) is 4.78. The summed E-state index contributed by atoms with van der Waals surface area (Å²) in [4.78, 5) is 13.1. The van der Waals surface area contributed by atoms with Crippen molar-refractivity contribution in [2.24, 2.45) is 0 Å². The van der Waals surface area contributed by atoms with Crippen LogP contribution in [0, 0.1) is 0 Å². The lowest BCUT2D eigenvalue weighted by Gasteiger charge is -2.25. The molecule has 1 aliphatic heterocycles. The summed E-state index contributed by atoms with van der Waals surface area (Å²) in [6.45, 7) is 5.36. The molecule has 1 aliphatic rings. The standard InChI is InChI=1S/C14H19NO2/c1-3-15-10(2)9-12-6-4-5-11(14(12)15)7-8-13(16)17/h4-6,10H,3,7-9H2,1-2H3,(H,16,17). The molecule has 1 aromatic carbocycles. The molecule has 0 amide bonds. The molecule has 1 heterocycles. The van der Waals surface area contributed by atoms with Gasteiger partial charge in [-0.25, -0.2) is 0 Å². The van der Waals surface area contributed by atoms with E-state index in [1.54, 1.807) is 0 Å². The number of carboxylic acid groups (broad SMARTS) is 1. The van der Waals surface area contributed by atoms with Crippen LogP contribution < -0.4 is 4.90 Å². The van der Waals surface area contributed by atoms with Gasteiger partial charge in [-0.3, -0.25) is 4.79 Å². The van der Waals surface area contributed by atoms with Crippen LogP contribution in [-0.4, -0.2) is 23.7 Å². The zero-order valence-corrected chi connectivity index (χ0v) is 10.4. The Morgan fingerprint density at radius 1 is 1.53 bits per heavy atom. The number of aliphatic carboxylic acids is 1. The van der Waals surface area contributed by atoms with Crippen LogP contribution in [0.3, 0.4) is 0 Å². The van der Waals surface area contributed by atoms with Crippen LogP contribution in [0.5, 0.6) is 0 Å². The van der Waals surface area contributed by atoms with E-state index < -0.39 is 5.97 Å². The van der Waals surface area contributed by atoms with Gasteiger partial charge in [0.15, 0.2) is 0 Å². The smallest absolute Gasteiger partial charge is 0.303 e. The highest BCUT2D eigenvalue weighted by Crippen LogP contribution is 2.35. The number of aryl methyl sites for hydroxylation is 1. The van der Waals surface area contributed by atoms with Gasteiger partial charge in [-0.1, -0.05) is 18.2 Å². The summed E-state index contributed by atoms with van der Waals surface area (Å²) in [6.07, 6.45) is 1.91. The fraction of sp³-hybridized carbons (Fsp3) is 0.500. The van der Waals surface area contributed by atoms with Crippen LogP contribution in [0.2, 0.25) is 0 Å². The van der Waals surface area contributed by atoms with Gasteiger partial charge in [0.2, 0.25) is 0 Å². The third kappa shape index (κ3) is 2.28. The number of carbonyl (C=O) groups is 1. The average Bonchev–Trinajstić information content (AvgIpc) is 2.62. The zero-order chi connectivity index (χ0) is 12.4. The maximum Gasteiger partial charge on any atom is 0.303 e. The Hall–Kier alpha value is -1.51. The quantitative estimate of drug-likeness (QED) is 0.868. The van der Waals surface area contributed by atoms with Crippen molar-refractivity contribution >= 4 is 11.7 Å². The molecule has 0 saturated heterocycles.